The Labute approximate surface area is 123 Å². The number of rotatable bonds is 1. The molecular formula is C13H16Cl2N2O2. The number of hydrogen-bond acceptors (Lipinski definition) is 3. The van der Waals surface area contributed by atoms with Crippen LogP contribution in [-0.2, 0) is 16.0 Å². The monoisotopic (exact) mass is 302 g/mol. The number of nitrogens with one attached hydrogen (secondary N) is 1. The molecule has 104 valence electrons. The third-order valence-electron chi connectivity index (χ3n) is 3.41. The minimum atomic E-state index is -0.372. The maximum atomic E-state index is 12.4. The number of anilines is 1. The van der Waals surface area contributed by atoms with Gasteiger partial charge in [0.05, 0.1) is 6.61 Å². The molecule has 0 aromatic heterocycles. The summed E-state index contributed by atoms with van der Waals surface area (Å²) in [5, 5.41) is 3.84. The van der Waals surface area contributed by atoms with E-state index in [1.54, 1.807) is 4.90 Å². The summed E-state index contributed by atoms with van der Waals surface area (Å²) in [6.45, 7) is 2.71. The van der Waals surface area contributed by atoms with Gasteiger partial charge in [-0.1, -0.05) is 17.7 Å². The van der Waals surface area contributed by atoms with Gasteiger partial charge in [0.1, 0.15) is 6.10 Å². The van der Waals surface area contributed by atoms with Crippen LogP contribution in [0.3, 0.4) is 0 Å². The minimum absolute atomic E-state index is 0. The fraction of sp³-hybridized carbons (Fsp3) is 0.462. The Morgan fingerprint density at radius 3 is 3.05 bits per heavy atom. The molecule has 0 bridgehead atoms. The van der Waals surface area contributed by atoms with Gasteiger partial charge in [-0.05, 0) is 24.1 Å². The summed E-state index contributed by atoms with van der Waals surface area (Å²) in [4.78, 5) is 14.2. The molecule has 1 atom stereocenters. The molecule has 2 aliphatic heterocycles. The fourth-order valence-corrected chi connectivity index (χ4v) is 2.65. The van der Waals surface area contributed by atoms with E-state index in [1.165, 1.54) is 5.56 Å². The summed E-state index contributed by atoms with van der Waals surface area (Å²) in [5.41, 5.74) is 2.11. The average molecular weight is 303 g/mol. The molecule has 0 saturated carbocycles. The molecule has 1 amide bonds. The van der Waals surface area contributed by atoms with Gasteiger partial charge in [-0.3, -0.25) is 4.79 Å². The highest BCUT2D eigenvalue weighted by Gasteiger charge is 2.31. The number of fused-ring (bicyclic) bond motifs is 1. The molecule has 1 saturated heterocycles. The lowest BCUT2D eigenvalue weighted by Gasteiger charge is -2.27. The second-order valence-corrected chi connectivity index (χ2v) is 5.01. The van der Waals surface area contributed by atoms with E-state index in [0.717, 1.165) is 18.7 Å². The molecule has 4 nitrogen and oxygen atoms in total. The molecule has 0 radical (unpaired) electrons. The lowest BCUT2D eigenvalue weighted by atomic mass is 10.2. The molecule has 19 heavy (non-hydrogen) atoms. The third kappa shape index (κ3) is 2.87. The molecule has 1 unspecified atom stereocenters. The zero-order valence-corrected chi connectivity index (χ0v) is 12.0. The first kappa shape index (κ1) is 14.6. The maximum Gasteiger partial charge on any atom is 0.257 e. The zero-order valence-electron chi connectivity index (χ0n) is 10.4. The van der Waals surface area contributed by atoms with Crippen LogP contribution in [0, 0.1) is 0 Å². The molecule has 2 aliphatic rings. The van der Waals surface area contributed by atoms with Crippen molar-refractivity contribution in [3.05, 3.63) is 28.8 Å². The molecule has 6 heteroatoms. The van der Waals surface area contributed by atoms with E-state index in [0.29, 0.717) is 24.7 Å². The predicted octanol–water partition coefficient (Wildman–Crippen LogP) is 1.64. The quantitative estimate of drug-likeness (QED) is 0.857. The van der Waals surface area contributed by atoms with Crippen LogP contribution >= 0.6 is 24.0 Å². The summed E-state index contributed by atoms with van der Waals surface area (Å²) in [7, 11) is 0. The molecule has 0 spiro atoms. The topological polar surface area (TPSA) is 41.6 Å². The molecule has 3 rings (SSSR count). The van der Waals surface area contributed by atoms with Crippen LogP contribution in [0.15, 0.2) is 18.2 Å². The first-order chi connectivity index (χ1) is 8.75. The van der Waals surface area contributed by atoms with Crippen LogP contribution < -0.4 is 10.2 Å². The van der Waals surface area contributed by atoms with Crippen LogP contribution in [0.25, 0.3) is 0 Å². The van der Waals surface area contributed by atoms with E-state index in [-0.39, 0.29) is 24.4 Å². The van der Waals surface area contributed by atoms with Crippen molar-refractivity contribution in [2.45, 2.75) is 12.5 Å². The van der Waals surface area contributed by atoms with Crippen molar-refractivity contribution in [2.75, 3.05) is 31.1 Å². The van der Waals surface area contributed by atoms with E-state index < -0.39 is 0 Å². The third-order valence-corrected chi connectivity index (χ3v) is 3.65. The molecule has 1 fully saturated rings. The van der Waals surface area contributed by atoms with Crippen LogP contribution in [-0.4, -0.2) is 38.3 Å². The summed E-state index contributed by atoms with van der Waals surface area (Å²) in [6.07, 6.45) is 0.516. The highest BCUT2D eigenvalue weighted by Crippen LogP contribution is 2.31. The van der Waals surface area contributed by atoms with Crippen molar-refractivity contribution in [3.8, 4) is 0 Å². The second-order valence-electron chi connectivity index (χ2n) is 4.58. The molecular weight excluding hydrogens is 287 g/mol. The average Bonchev–Trinajstić information content (AvgIpc) is 2.82. The minimum Gasteiger partial charge on any atom is -0.366 e. The van der Waals surface area contributed by atoms with Crippen LogP contribution in [0.5, 0.6) is 0 Å². The fourth-order valence-electron chi connectivity index (χ4n) is 2.48. The van der Waals surface area contributed by atoms with Gasteiger partial charge in [-0.2, -0.15) is 0 Å². The Morgan fingerprint density at radius 1 is 1.47 bits per heavy atom. The summed E-state index contributed by atoms with van der Waals surface area (Å²) in [6, 6.07) is 5.72. The molecule has 0 aliphatic carbocycles. The number of nitrogens with zero attached hydrogens (tertiary/aromatic N) is 1. The van der Waals surface area contributed by atoms with Crippen molar-refractivity contribution < 1.29 is 9.53 Å². The van der Waals surface area contributed by atoms with Crippen molar-refractivity contribution in [1.29, 1.82) is 0 Å². The SMILES string of the molecule is Cl.O=C(C1CNCCO1)N1CCc2ccc(Cl)cc21. The van der Waals surface area contributed by atoms with Crippen LogP contribution in [0.1, 0.15) is 5.56 Å². The number of amides is 1. The van der Waals surface area contributed by atoms with Crippen molar-refractivity contribution in [2.24, 2.45) is 0 Å². The van der Waals surface area contributed by atoms with Crippen LogP contribution in [0.4, 0.5) is 5.69 Å². The lowest BCUT2D eigenvalue weighted by Crippen LogP contribution is -2.49. The Kier molecular flexibility index (Phi) is 4.68. The lowest BCUT2D eigenvalue weighted by molar-refractivity contribution is -0.131. The highest BCUT2D eigenvalue weighted by molar-refractivity contribution is 6.31. The smallest absolute Gasteiger partial charge is 0.257 e. The van der Waals surface area contributed by atoms with Crippen molar-refractivity contribution in [1.82, 2.24) is 5.32 Å². The molecule has 1 N–H and O–H groups in total. The highest BCUT2D eigenvalue weighted by atomic mass is 35.5. The number of carbonyl (C=O) groups is 1. The zero-order chi connectivity index (χ0) is 12.5. The molecule has 2 heterocycles. The largest absolute Gasteiger partial charge is 0.366 e. The summed E-state index contributed by atoms with van der Waals surface area (Å²) >= 11 is 6.00. The van der Waals surface area contributed by atoms with Gasteiger partial charge in [0.2, 0.25) is 0 Å². The van der Waals surface area contributed by atoms with Gasteiger partial charge in [0, 0.05) is 30.3 Å². The number of morpholine rings is 1. The van der Waals surface area contributed by atoms with Gasteiger partial charge < -0.3 is 15.0 Å². The van der Waals surface area contributed by atoms with Crippen molar-refractivity contribution >= 4 is 35.6 Å². The van der Waals surface area contributed by atoms with Gasteiger partial charge in [0.25, 0.3) is 5.91 Å². The second kappa shape index (κ2) is 6.09. The number of ether oxygens (including phenoxy) is 1. The van der Waals surface area contributed by atoms with Gasteiger partial charge in [-0.25, -0.2) is 0 Å². The summed E-state index contributed by atoms with van der Waals surface area (Å²) < 4.78 is 5.51. The van der Waals surface area contributed by atoms with Gasteiger partial charge >= 0.3 is 0 Å². The van der Waals surface area contributed by atoms with Gasteiger partial charge in [-0.15, -0.1) is 12.4 Å². The number of benzene rings is 1. The molecule has 1 aromatic carbocycles. The Balaban J connectivity index is 0.00000133. The maximum absolute atomic E-state index is 12.4. The number of halogens is 2. The first-order valence-electron chi connectivity index (χ1n) is 6.18. The standard InChI is InChI=1S/C13H15ClN2O2.ClH/c14-10-2-1-9-3-5-16(11(9)7-10)13(17)12-8-15-4-6-18-12;/h1-2,7,12,15H,3-6,8H2;1H. The van der Waals surface area contributed by atoms with Gasteiger partial charge in [0.15, 0.2) is 0 Å². The Bertz CT molecular complexity index is 476. The van der Waals surface area contributed by atoms with E-state index in [4.69, 9.17) is 16.3 Å². The Morgan fingerprint density at radius 2 is 2.32 bits per heavy atom. The number of carbonyl (C=O) groups excluding carboxylic acids is 1. The predicted molar refractivity (Wildman–Crippen MR) is 77.4 cm³/mol. The van der Waals surface area contributed by atoms with Crippen LogP contribution in [0.2, 0.25) is 5.02 Å². The van der Waals surface area contributed by atoms with E-state index >= 15 is 0 Å². The van der Waals surface area contributed by atoms with Crippen molar-refractivity contribution in [3.63, 3.8) is 0 Å². The molecule has 1 aromatic rings. The number of hydrogen-bond donors (Lipinski definition) is 1. The first-order valence-corrected chi connectivity index (χ1v) is 6.55. The summed E-state index contributed by atoms with van der Waals surface area (Å²) in [5.74, 6) is 0.0308. The normalized spacial score (nSPS) is 21.7. The van der Waals surface area contributed by atoms with E-state index in [9.17, 15) is 4.79 Å². The Hall–Kier alpha value is -0.810. The van der Waals surface area contributed by atoms with E-state index in [2.05, 4.69) is 5.32 Å². The van der Waals surface area contributed by atoms with E-state index in [1.807, 2.05) is 18.2 Å².